The highest BCUT2D eigenvalue weighted by atomic mass is 16.5. The number of nitrogens with one attached hydrogen (secondary N) is 14. The lowest BCUT2D eigenvalue weighted by Gasteiger charge is -2.30. The smallest absolute Gasteiger partial charge is 0.331 e. The molecule has 5 rings (SSSR count). The topological polar surface area (TPSA) is 574 Å². The minimum Gasteiger partial charge on any atom is -0.458 e. The maximum absolute atomic E-state index is 14.9. The lowest BCUT2D eigenvalue weighted by Crippen LogP contribution is -2.62. The number of esters is 1. The van der Waals surface area contributed by atoms with Gasteiger partial charge >= 0.3 is 5.97 Å². The van der Waals surface area contributed by atoms with Crippen LogP contribution in [0.3, 0.4) is 0 Å². The molecule has 13 atom stereocenters. The summed E-state index contributed by atoms with van der Waals surface area (Å²) in [5.74, 6) is -12.7. The fraction of sp³-hybridized carbons (Fsp3) is 0.577. The number of carbonyl (C=O) groups excluding carboxylic acids is 14. The zero-order chi connectivity index (χ0) is 78.0. The maximum Gasteiger partial charge on any atom is 0.331 e. The highest BCUT2D eigenvalue weighted by Gasteiger charge is 2.40. The number of carbonyl (C=O) groups is 14. The Labute approximate surface area is 615 Å². The normalized spacial score (nSPS) is 18.2. The predicted octanol–water partition coefficient (Wildman–Crippen LogP) is -3.45. The molecule has 0 spiro atoms. The lowest BCUT2D eigenvalue weighted by atomic mass is 9.97. The van der Waals surface area contributed by atoms with Crippen LogP contribution >= 0.6 is 0 Å². The van der Waals surface area contributed by atoms with Gasteiger partial charge in [-0.25, -0.2) is 4.79 Å². The van der Waals surface area contributed by atoms with Crippen molar-refractivity contribution in [3.8, 4) is 0 Å². The first-order valence-corrected chi connectivity index (χ1v) is 36.3. The van der Waals surface area contributed by atoms with E-state index in [0.29, 0.717) is 58.6 Å². The van der Waals surface area contributed by atoms with Crippen molar-refractivity contribution in [2.45, 2.75) is 204 Å². The van der Waals surface area contributed by atoms with Gasteiger partial charge in [-0.1, -0.05) is 76.9 Å². The van der Waals surface area contributed by atoms with Crippen LogP contribution in [0.15, 0.2) is 60.9 Å². The number of amides is 13. The molecule has 1 aliphatic heterocycles. The minimum absolute atomic E-state index is 0.00644. The van der Waals surface area contributed by atoms with E-state index >= 15 is 0 Å². The summed E-state index contributed by atoms with van der Waals surface area (Å²) in [7, 11) is 0. The third kappa shape index (κ3) is 27.4. The van der Waals surface area contributed by atoms with Crippen molar-refractivity contribution < 1.29 is 77.0 Å². The van der Waals surface area contributed by atoms with E-state index in [2.05, 4.69) is 73.8 Å². The number of rotatable bonds is 43. The second-order valence-electron chi connectivity index (χ2n) is 26.7. The number of aromatic nitrogens is 2. The van der Waals surface area contributed by atoms with E-state index in [1.165, 1.54) is 6.92 Å². The molecule has 0 bridgehead atoms. The van der Waals surface area contributed by atoms with Crippen LogP contribution in [0.5, 0.6) is 0 Å². The van der Waals surface area contributed by atoms with Crippen LogP contribution in [0.4, 0.5) is 0 Å². The van der Waals surface area contributed by atoms with Crippen LogP contribution in [0.2, 0.25) is 0 Å². The fourth-order valence-electron chi connectivity index (χ4n) is 11.8. The summed E-state index contributed by atoms with van der Waals surface area (Å²) in [5, 5.41) is 42.4. The van der Waals surface area contributed by atoms with Gasteiger partial charge in [-0.15, -0.1) is 0 Å². The van der Waals surface area contributed by atoms with E-state index in [9.17, 15) is 72.2 Å². The molecule has 106 heavy (non-hydrogen) atoms. The van der Waals surface area contributed by atoms with Crippen molar-refractivity contribution in [2.75, 3.05) is 45.9 Å². The molecule has 1 saturated heterocycles. The number of aliphatic hydroxyl groups excluding tert-OH is 1. The Balaban J connectivity index is 1.38. The number of benzene rings is 2. The average molecular weight is 1480 g/mol. The molecular weight excluding hydrogens is 1370 g/mol. The molecule has 0 aliphatic carbocycles. The Morgan fingerprint density at radius 3 is 1.51 bits per heavy atom. The van der Waals surface area contributed by atoms with Crippen molar-refractivity contribution in [3.63, 3.8) is 0 Å². The quantitative estimate of drug-likeness (QED) is 0.0151. The Hall–Kier alpha value is -10.1. The summed E-state index contributed by atoms with van der Waals surface area (Å²) in [6, 6.07) is -0.505. The van der Waals surface area contributed by atoms with Crippen LogP contribution in [-0.2, 0) is 84.7 Å². The van der Waals surface area contributed by atoms with Crippen molar-refractivity contribution in [1.82, 2.24) is 73.8 Å². The molecule has 584 valence electrons. The highest BCUT2D eigenvalue weighted by molar-refractivity contribution is 6.00. The molecule has 1 unspecified atom stereocenters. The predicted molar refractivity (Wildman–Crippen MR) is 392 cm³/mol. The van der Waals surface area contributed by atoms with Crippen LogP contribution < -0.4 is 92.5 Å². The molecule has 2 aromatic carbocycles. The molecule has 2 aromatic heterocycles. The van der Waals surface area contributed by atoms with Gasteiger partial charge in [-0.2, -0.15) is 0 Å². The van der Waals surface area contributed by atoms with Gasteiger partial charge in [-0.05, 0) is 132 Å². The minimum atomic E-state index is -1.78. The van der Waals surface area contributed by atoms with Gasteiger partial charge in [0, 0.05) is 53.5 Å². The van der Waals surface area contributed by atoms with E-state index in [0.717, 1.165) is 6.42 Å². The van der Waals surface area contributed by atoms with Crippen LogP contribution in [0.25, 0.3) is 21.8 Å². The number of cyclic esters (lactones) is 1. The second kappa shape index (κ2) is 44.6. The largest absolute Gasteiger partial charge is 0.458 e. The number of hydrogen-bond donors (Lipinski definition) is 20. The van der Waals surface area contributed by atoms with Crippen LogP contribution in [-0.4, -0.2) is 210 Å². The number of H-pyrrole nitrogens is 2. The van der Waals surface area contributed by atoms with E-state index < -0.39 is 181 Å². The molecule has 13 amide bonds. The van der Waals surface area contributed by atoms with Crippen LogP contribution in [0, 0.1) is 11.8 Å². The van der Waals surface area contributed by atoms with E-state index in [1.807, 2.05) is 13.8 Å². The summed E-state index contributed by atoms with van der Waals surface area (Å²) < 4.78 is 5.56. The Bertz CT molecular complexity index is 3640. The van der Waals surface area contributed by atoms with Crippen molar-refractivity contribution in [1.29, 1.82) is 0 Å². The number of nitrogens with two attached hydrogens (primary N) is 5. The molecule has 35 heteroatoms. The van der Waals surface area contributed by atoms with E-state index in [4.69, 9.17) is 33.4 Å². The molecule has 4 aromatic rings. The third-order valence-electron chi connectivity index (χ3n) is 18.5. The number of aliphatic hydroxyl groups is 1. The summed E-state index contributed by atoms with van der Waals surface area (Å²) in [6.07, 6.45) is 3.45. The van der Waals surface area contributed by atoms with E-state index in [1.54, 1.807) is 74.8 Å². The molecule has 3 heterocycles. The lowest BCUT2D eigenvalue weighted by molar-refractivity contribution is -0.157. The number of para-hydroxylation sites is 2. The fourth-order valence-corrected chi connectivity index (χ4v) is 11.8. The van der Waals surface area contributed by atoms with Gasteiger partial charge < -0.3 is 112 Å². The summed E-state index contributed by atoms with van der Waals surface area (Å²) in [4.78, 5) is 201. The molecule has 35 nitrogen and oxygen atoms in total. The monoisotopic (exact) mass is 1480 g/mol. The first kappa shape index (κ1) is 86.5. The molecule has 0 radical (unpaired) electrons. The van der Waals surface area contributed by atoms with Gasteiger partial charge in [-0.3, -0.25) is 62.3 Å². The van der Waals surface area contributed by atoms with Gasteiger partial charge in [0.25, 0.3) is 0 Å². The number of unbranched alkanes of at least 4 members (excludes halogenated alkanes) is 1. The molecule has 1 fully saturated rings. The first-order valence-electron chi connectivity index (χ1n) is 36.3. The van der Waals surface area contributed by atoms with Crippen molar-refractivity contribution in [2.24, 2.45) is 40.5 Å². The number of ether oxygens (including phenoxy) is 1. The maximum atomic E-state index is 14.9. The standard InChI is InChI=1S/C71H109N19O16/c1-6-39(3)25-26-57(93)82-54(33-56(76)92)67(101)85-50(21-12-13-27-72)65(99)87-52(31-42-34-77-46-19-10-8-17-44(42)46)66(100)86-51(24-16-30-75)64(98)84-48(22-14-28-73)62(96)79-36-58(94)81-49(23-15-29-74)63(97)88-53(32-43-35-78-47-20-11-9-18-45(43)47)68(102)90-61-41(5)106-71(105)55(38-91)83-59(95)37-80-69(103)60(40(4)7-2)89-70(61)104/h8-11,17-20,34-35,39-41,48-55,60-61,77-78,91H,6-7,12-16,21-33,36-38,72-75H2,1-5H3,(H2,76,92)(H,79,96)(H,80,103)(H,81,94)(H,82,93)(H,83,95)(H,84,98)(H,85,101)(H,86,100)(H,87,99)(H,88,97)(H,89,104)(H,90,102)/t39?,40-,41+,48-,49+,50+,51+,52+,53-,54+,55-,60-,61-/m0/s1. The zero-order valence-corrected chi connectivity index (χ0v) is 61.0. The Kier molecular flexibility index (Phi) is 36.5. The SMILES string of the molecule is CCC(C)CCC(=O)N[C@H](CC(N)=O)C(=O)N[C@H](CCCCN)C(=O)N[C@H](Cc1c[nH]c2ccccc12)C(=O)N[C@H](CCCN)C(=O)N[C@@H](CCCN)C(=O)NCC(=O)N[C@H](CCCN)C(=O)N[C@@H](Cc1c[nH]c2ccccc12)C(=O)N[C@@H]1C(=O)N[C@@H]([C@@H](C)CC)C(=O)NCC(=O)N[C@@H](CO)C(=O)O[C@@H]1C. The van der Waals surface area contributed by atoms with Gasteiger partial charge in [0.2, 0.25) is 76.8 Å². The zero-order valence-electron chi connectivity index (χ0n) is 61.0. The third-order valence-corrected chi connectivity index (χ3v) is 18.5. The summed E-state index contributed by atoms with van der Waals surface area (Å²) in [6.45, 7) is 6.65. The molecule has 25 N–H and O–H groups in total. The number of primary amides is 1. The molecular formula is C71H109N19O16. The van der Waals surface area contributed by atoms with Crippen molar-refractivity contribution >= 4 is 105 Å². The number of hydrogen-bond acceptors (Lipinski definition) is 20. The number of aromatic amines is 2. The molecule has 1 aliphatic rings. The van der Waals surface area contributed by atoms with Crippen molar-refractivity contribution in [3.05, 3.63) is 72.1 Å². The van der Waals surface area contributed by atoms with Gasteiger partial charge in [0.05, 0.1) is 26.1 Å². The highest BCUT2D eigenvalue weighted by Crippen LogP contribution is 2.22. The Morgan fingerprint density at radius 1 is 0.547 bits per heavy atom. The Morgan fingerprint density at radius 2 is 1.01 bits per heavy atom. The average Bonchev–Trinajstić information content (AvgIpc) is 1.68. The first-order chi connectivity index (χ1) is 50.7. The van der Waals surface area contributed by atoms with Crippen LogP contribution in [0.1, 0.15) is 136 Å². The van der Waals surface area contributed by atoms with E-state index in [-0.39, 0.29) is 96.3 Å². The second-order valence-corrected chi connectivity index (χ2v) is 26.7. The molecule has 0 saturated carbocycles. The summed E-state index contributed by atoms with van der Waals surface area (Å²) in [5.41, 5.74) is 31.5. The summed E-state index contributed by atoms with van der Waals surface area (Å²) >= 11 is 0. The van der Waals surface area contributed by atoms with Gasteiger partial charge in [0.1, 0.15) is 60.5 Å². The number of fused-ring (bicyclic) bond motifs is 2. The van der Waals surface area contributed by atoms with Gasteiger partial charge in [0.15, 0.2) is 6.04 Å².